The first-order valence-electron chi connectivity index (χ1n) is 23.1. The Bertz CT molecular complexity index is 2160. The van der Waals surface area contributed by atoms with E-state index in [-0.39, 0.29) is 23.7 Å². The van der Waals surface area contributed by atoms with Gasteiger partial charge in [0.2, 0.25) is 5.88 Å². The Labute approximate surface area is 360 Å². The number of rotatable bonds is 8. The molecule has 1 amide bonds. The second kappa shape index (κ2) is 16.6. The SMILES string of the molecule is CC(C)[Si](C#Cc1cccc2cccc(N3CCc4c(N5[C@@H]6CCC[C@H]5CN(C(=O)OC(C)(C)C)C6)nc(OCC56CCCN5CCC6)c(C#N)c4C3)c12)(C(C)C)C(C)C. The number of fused-ring (bicyclic) bond motifs is 5. The van der Waals surface area contributed by atoms with Crippen molar-refractivity contribution >= 4 is 36.4 Å². The first-order valence-corrected chi connectivity index (χ1v) is 25.3. The van der Waals surface area contributed by atoms with Gasteiger partial charge in [0.05, 0.1) is 5.54 Å². The molecule has 0 N–H and O–H groups in total. The molecule has 60 heavy (non-hydrogen) atoms. The molecule has 2 bridgehead atoms. The quantitative estimate of drug-likeness (QED) is 0.164. The normalized spacial score (nSPS) is 21.6. The zero-order valence-electron chi connectivity index (χ0n) is 37.9. The molecule has 5 aliphatic rings. The Balaban J connectivity index is 1.21. The molecule has 0 unspecified atom stereocenters. The van der Waals surface area contributed by atoms with Crippen molar-refractivity contribution in [1.29, 1.82) is 5.26 Å². The second-order valence-corrected chi connectivity index (χ2v) is 26.0. The van der Waals surface area contributed by atoms with Crippen molar-refractivity contribution in [3.8, 4) is 23.4 Å². The number of carbonyl (C=O) groups excluding carboxylic acids is 1. The largest absolute Gasteiger partial charge is 0.475 e. The Kier molecular flexibility index (Phi) is 11.7. The van der Waals surface area contributed by atoms with Crippen molar-refractivity contribution in [2.45, 2.75) is 160 Å². The summed E-state index contributed by atoms with van der Waals surface area (Å²) in [6.07, 6.45) is 8.19. The third-order valence-corrected chi connectivity index (χ3v) is 21.2. The van der Waals surface area contributed by atoms with Gasteiger partial charge in [-0.15, -0.1) is 5.54 Å². The van der Waals surface area contributed by atoms with Gasteiger partial charge in [-0.3, -0.25) is 4.90 Å². The molecule has 4 fully saturated rings. The van der Waals surface area contributed by atoms with E-state index in [2.05, 4.69) is 110 Å². The van der Waals surface area contributed by atoms with Crippen LogP contribution < -0.4 is 14.5 Å². The first kappa shape index (κ1) is 42.4. The van der Waals surface area contributed by atoms with E-state index in [1.54, 1.807) is 0 Å². The molecule has 0 aliphatic carbocycles. The minimum absolute atomic E-state index is 0.0214. The van der Waals surface area contributed by atoms with E-state index in [0.29, 0.717) is 54.3 Å². The number of likely N-dealkylation sites (tertiary alicyclic amines) is 1. The number of nitriles is 1. The number of aromatic nitrogens is 1. The van der Waals surface area contributed by atoms with Crippen molar-refractivity contribution in [2.24, 2.45) is 0 Å². The fourth-order valence-electron chi connectivity index (χ4n) is 12.1. The summed E-state index contributed by atoms with van der Waals surface area (Å²) in [5.41, 5.74) is 10.1. The summed E-state index contributed by atoms with van der Waals surface area (Å²) in [5.74, 6) is 5.24. The maximum Gasteiger partial charge on any atom is 0.410 e. The lowest BCUT2D eigenvalue weighted by Crippen LogP contribution is -2.63. The molecular weight excluding hydrogens is 761 g/mol. The highest BCUT2D eigenvalue weighted by Crippen LogP contribution is 2.45. The molecule has 2 atom stereocenters. The maximum absolute atomic E-state index is 13.4. The summed E-state index contributed by atoms with van der Waals surface area (Å²) < 4.78 is 12.8. The number of pyridine rings is 1. The molecule has 0 radical (unpaired) electrons. The highest BCUT2D eigenvalue weighted by atomic mass is 28.3. The Hall–Kier alpha value is -4.25. The third-order valence-electron chi connectivity index (χ3n) is 14.9. The molecule has 9 nitrogen and oxygen atoms in total. The van der Waals surface area contributed by atoms with Crippen LogP contribution in [0, 0.1) is 22.8 Å². The van der Waals surface area contributed by atoms with Crippen LogP contribution in [0.25, 0.3) is 10.8 Å². The Morgan fingerprint density at radius 1 is 0.917 bits per heavy atom. The van der Waals surface area contributed by atoms with Gasteiger partial charge in [-0.1, -0.05) is 71.7 Å². The number of nitrogens with zero attached hydrogens (tertiary/aromatic N) is 6. The van der Waals surface area contributed by atoms with Crippen LogP contribution in [0.5, 0.6) is 5.88 Å². The number of carbonyl (C=O) groups is 1. The molecule has 0 spiro atoms. The van der Waals surface area contributed by atoms with Crippen LogP contribution in [0.2, 0.25) is 16.6 Å². The second-order valence-electron chi connectivity index (χ2n) is 20.4. The van der Waals surface area contributed by atoms with Gasteiger partial charge in [-0.05, 0) is 119 Å². The zero-order chi connectivity index (χ0) is 42.6. The average molecular weight is 829 g/mol. The topological polar surface area (TPSA) is 85.2 Å². The van der Waals surface area contributed by atoms with Crippen molar-refractivity contribution < 1.29 is 14.3 Å². The molecule has 8 rings (SSSR count). The van der Waals surface area contributed by atoms with Gasteiger partial charge in [-0.2, -0.15) is 10.2 Å². The number of anilines is 2. The molecule has 10 heteroatoms. The van der Waals surface area contributed by atoms with Gasteiger partial charge in [-0.25, -0.2) is 4.79 Å². The van der Waals surface area contributed by atoms with Crippen LogP contribution >= 0.6 is 0 Å². The van der Waals surface area contributed by atoms with E-state index in [1.165, 1.54) is 23.6 Å². The lowest BCUT2D eigenvalue weighted by molar-refractivity contribution is 0.0154. The predicted molar refractivity (Wildman–Crippen MR) is 246 cm³/mol. The fraction of sp³-hybridized carbons (Fsp3) is 0.620. The molecular formula is C50H68N6O3Si. The summed E-state index contributed by atoms with van der Waals surface area (Å²) in [4.78, 5) is 28.3. The zero-order valence-corrected chi connectivity index (χ0v) is 38.9. The van der Waals surface area contributed by atoms with E-state index < -0.39 is 13.7 Å². The van der Waals surface area contributed by atoms with E-state index in [9.17, 15) is 10.1 Å². The number of hydrogen-bond donors (Lipinski definition) is 0. The summed E-state index contributed by atoms with van der Waals surface area (Å²) in [6, 6.07) is 16.0. The average Bonchev–Trinajstić information content (AvgIpc) is 3.79. The van der Waals surface area contributed by atoms with E-state index >= 15 is 0 Å². The van der Waals surface area contributed by atoms with Gasteiger partial charge >= 0.3 is 6.09 Å². The Morgan fingerprint density at radius 2 is 1.57 bits per heavy atom. The van der Waals surface area contributed by atoms with Crippen LogP contribution in [0.15, 0.2) is 36.4 Å². The van der Waals surface area contributed by atoms with Crippen molar-refractivity contribution in [1.82, 2.24) is 14.8 Å². The van der Waals surface area contributed by atoms with E-state index in [0.717, 1.165) is 86.4 Å². The molecule has 0 saturated carbocycles. The first-order chi connectivity index (χ1) is 28.7. The van der Waals surface area contributed by atoms with E-state index in [4.69, 9.17) is 14.5 Å². The number of benzene rings is 2. The predicted octanol–water partition coefficient (Wildman–Crippen LogP) is 10.2. The van der Waals surface area contributed by atoms with E-state index in [1.807, 2.05) is 25.7 Å². The summed E-state index contributed by atoms with van der Waals surface area (Å²) >= 11 is 0. The fourth-order valence-corrected chi connectivity index (χ4v) is 17.3. The molecule has 2 aromatic carbocycles. The monoisotopic (exact) mass is 829 g/mol. The summed E-state index contributed by atoms with van der Waals surface area (Å²) in [7, 11) is -1.97. The van der Waals surface area contributed by atoms with Crippen LogP contribution in [0.1, 0.15) is 130 Å². The number of amides is 1. The summed E-state index contributed by atoms with van der Waals surface area (Å²) in [5, 5.41) is 13.4. The maximum atomic E-state index is 13.4. The highest BCUT2D eigenvalue weighted by Gasteiger charge is 2.47. The van der Waals surface area contributed by atoms with Gasteiger partial charge in [0.1, 0.15) is 37.7 Å². The lowest BCUT2D eigenvalue weighted by atomic mass is 9.88. The van der Waals surface area contributed by atoms with Gasteiger partial charge < -0.3 is 24.2 Å². The molecule has 6 heterocycles. The molecule has 5 aliphatic heterocycles. The van der Waals surface area contributed by atoms with Gasteiger partial charge in [0.25, 0.3) is 0 Å². The Morgan fingerprint density at radius 3 is 2.18 bits per heavy atom. The van der Waals surface area contributed by atoms with Crippen LogP contribution in [-0.4, -0.2) is 91.5 Å². The number of ether oxygens (including phenoxy) is 2. The lowest BCUT2D eigenvalue weighted by Gasteiger charge is -2.51. The van der Waals surface area contributed by atoms with Crippen molar-refractivity contribution in [2.75, 3.05) is 49.1 Å². The molecule has 3 aromatic rings. The minimum Gasteiger partial charge on any atom is -0.475 e. The molecule has 4 saturated heterocycles. The van der Waals surface area contributed by atoms with Gasteiger partial charge in [0, 0.05) is 66.0 Å². The number of hydrogen-bond acceptors (Lipinski definition) is 8. The summed E-state index contributed by atoms with van der Waals surface area (Å²) in [6.45, 7) is 25.4. The smallest absolute Gasteiger partial charge is 0.410 e. The van der Waals surface area contributed by atoms with Gasteiger partial charge in [0.15, 0.2) is 0 Å². The van der Waals surface area contributed by atoms with Crippen LogP contribution in [0.3, 0.4) is 0 Å². The van der Waals surface area contributed by atoms with Crippen LogP contribution in [-0.2, 0) is 17.7 Å². The molecule has 1 aromatic heterocycles. The molecule has 320 valence electrons. The standard InChI is InChI=1S/C50H68N6O3Si/c1-34(2)60(35(3)4,36(5)6)28-22-38-16-10-15-37-17-11-20-44(45(37)38)53-27-21-41-43(32-53)42(29-51)47(58-33-50-23-13-25-55(50)26-14-24-50)52-46(41)56-39-18-12-19-40(56)31-54(30-39)48(57)59-49(7,8)9/h10-11,15-17,20,34-36,39-40H,12-14,18-19,21,23-27,30-33H2,1-9H3/t39-,40+. The number of piperazine rings is 1. The van der Waals surface area contributed by atoms with Crippen molar-refractivity contribution in [3.05, 3.63) is 58.7 Å². The van der Waals surface area contributed by atoms with Crippen LogP contribution in [0.4, 0.5) is 16.3 Å². The third kappa shape index (κ3) is 7.66. The highest BCUT2D eigenvalue weighted by molar-refractivity contribution is 6.90. The van der Waals surface area contributed by atoms with Crippen molar-refractivity contribution in [3.63, 3.8) is 0 Å². The minimum atomic E-state index is -1.97. The number of piperidine rings is 1.